The van der Waals surface area contributed by atoms with Gasteiger partial charge in [-0.05, 0) is 25.7 Å². The zero-order valence-electron chi connectivity index (χ0n) is 12.4. The van der Waals surface area contributed by atoms with E-state index in [2.05, 4.69) is 10.6 Å². The third-order valence-electron chi connectivity index (χ3n) is 3.77. The van der Waals surface area contributed by atoms with Crippen molar-refractivity contribution in [3.63, 3.8) is 0 Å². The van der Waals surface area contributed by atoms with Crippen LogP contribution >= 0.6 is 0 Å². The van der Waals surface area contributed by atoms with Crippen LogP contribution in [0.25, 0.3) is 0 Å². The molecule has 0 saturated carbocycles. The number of carbonyl (C=O) groups is 2. The van der Waals surface area contributed by atoms with Crippen molar-refractivity contribution in [1.82, 2.24) is 10.6 Å². The molecule has 1 aliphatic heterocycles. The summed E-state index contributed by atoms with van der Waals surface area (Å²) in [6.07, 6.45) is 2.61. The smallest absolute Gasteiger partial charge is 0.303 e. The van der Waals surface area contributed by atoms with Gasteiger partial charge in [0.15, 0.2) is 0 Å². The molecule has 0 aromatic heterocycles. The van der Waals surface area contributed by atoms with E-state index in [9.17, 15) is 9.59 Å². The van der Waals surface area contributed by atoms with Crippen LogP contribution in [0.1, 0.15) is 39.5 Å². The number of amides is 1. The summed E-state index contributed by atoms with van der Waals surface area (Å²) in [6, 6.07) is 0. The monoisotopic (exact) mass is 286 g/mol. The van der Waals surface area contributed by atoms with Gasteiger partial charge in [-0.3, -0.25) is 9.59 Å². The van der Waals surface area contributed by atoms with Crippen LogP contribution in [0.15, 0.2) is 0 Å². The highest BCUT2D eigenvalue weighted by Gasteiger charge is 2.32. The first-order valence-electron chi connectivity index (χ1n) is 7.28. The Morgan fingerprint density at radius 1 is 1.40 bits per heavy atom. The van der Waals surface area contributed by atoms with Gasteiger partial charge in [0.05, 0.1) is 5.60 Å². The zero-order valence-corrected chi connectivity index (χ0v) is 12.4. The van der Waals surface area contributed by atoms with Gasteiger partial charge in [0.25, 0.3) is 0 Å². The average Bonchev–Trinajstić information content (AvgIpc) is 2.37. The molecule has 1 unspecified atom stereocenters. The molecule has 1 amide bonds. The number of rotatable bonds is 10. The van der Waals surface area contributed by atoms with Crippen LogP contribution in [0.5, 0.6) is 0 Å². The molecular weight excluding hydrogens is 260 g/mol. The first-order chi connectivity index (χ1) is 9.45. The second kappa shape index (κ2) is 8.21. The lowest BCUT2D eigenvalue weighted by atomic mass is 9.97. The van der Waals surface area contributed by atoms with Crippen LogP contribution in [-0.4, -0.2) is 48.8 Å². The van der Waals surface area contributed by atoms with Crippen molar-refractivity contribution >= 4 is 11.9 Å². The minimum absolute atomic E-state index is 0.0874. The largest absolute Gasteiger partial charge is 0.481 e. The van der Waals surface area contributed by atoms with Gasteiger partial charge < -0.3 is 20.5 Å². The molecule has 3 N–H and O–H groups in total. The molecular formula is C14H26N2O4. The standard InChI is InChI=1S/C14H26N2O4/c1-3-11(4-5-13(18)19)6-7-16-12(17)8-20-14(2)9-15-10-14/h11,15H,3-10H2,1-2H3,(H,16,17)(H,18,19). The van der Waals surface area contributed by atoms with Crippen molar-refractivity contribution in [2.45, 2.75) is 45.1 Å². The van der Waals surface area contributed by atoms with Crippen LogP contribution in [0.3, 0.4) is 0 Å². The van der Waals surface area contributed by atoms with Gasteiger partial charge in [-0.15, -0.1) is 0 Å². The first kappa shape index (κ1) is 16.9. The lowest BCUT2D eigenvalue weighted by Gasteiger charge is -2.38. The van der Waals surface area contributed by atoms with E-state index in [-0.39, 0.29) is 24.5 Å². The molecule has 0 radical (unpaired) electrons. The molecule has 0 aromatic rings. The van der Waals surface area contributed by atoms with Gasteiger partial charge in [-0.1, -0.05) is 13.3 Å². The number of aliphatic carboxylic acids is 1. The van der Waals surface area contributed by atoms with Gasteiger partial charge in [-0.2, -0.15) is 0 Å². The third kappa shape index (κ3) is 6.34. The number of nitrogens with one attached hydrogen (secondary N) is 2. The Bertz CT molecular complexity index is 329. The van der Waals surface area contributed by atoms with E-state index in [4.69, 9.17) is 9.84 Å². The number of carbonyl (C=O) groups excluding carboxylic acids is 1. The highest BCUT2D eigenvalue weighted by atomic mass is 16.5. The predicted molar refractivity (Wildman–Crippen MR) is 75.5 cm³/mol. The summed E-state index contributed by atoms with van der Waals surface area (Å²) in [7, 11) is 0. The van der Waals surface area contributed by atoms with Crippen LogP contribution < -0.4 is 10.6 Å². The predicted octanol–water partition coefficient (Wildman–Crippen LogP) is 0.762. The molecule has 0 aliphatic carbocycles. The second-order valence-electron chi connectivity index (χ2n) is 5.69. The Morgan fingerprint density at radius 3 is 2.60 bits per heavy atom. The summed E-state index contributed by atoms with van der Waals surface area (Å²) in [5.41, 5.74) is -0.204. The van der Waals surface area contributed by atoms with Crippen molar-refractivity contribution < 1.29 is 19.4 Å². The van der Waals surface area contributed by atoms with Crippen molar-refractivity contribution in [3.8, 4) is 0 Å². The molecule has 1 aliphatic rings. The lowest BCUT2D eigenvalue weighted by Crippen LogP contribution is -2.59. The number of hydrogen-bond acceptors (Lipinski definition) is 4. The van der Waals surface area contributed by atoms with Crippen LogP contribution in [-0.2, 0) is 14.3 Å². The summed E-state index contributed by atoms with van der Waals surface area (Å²) in [6.45, 7) is 6.26. The van der Waals surface area contributed by atoms with E-state index in [0.29, 0.717) is 18.9 Å². The highest BCUT2D eigenvalue weighted by molar-refractivity contribution is 5.77. The Labute approximate surface area is 120 Å². The van der Waals surface area contributed by atoms with E-state index in [1.165, 1.54) is 0 Å². The van der Waals surface area contributed by atoms with Crippen molar-refractivity contribution in [1.29, 1.82) is 0 Å². The van der Waals surface area contributed by atoms with Crippen LogP contribution in [0, 0.1) is 5.92 Å². The number of carboxylic acids is 1. The maximum atomic E-state index is 11.6. The molecule has 20 heavy (non-hydrogen) atoms. The molecule has 6 heteroatoms. The summed E-state index contributed by atoms with van der Waals surface area (Å²) in [5.74, 6) is -0.518. The van der Waals surface area contributed by atoms with Crippen molar-refractivity contribution in [3.05, 3.63) is 0 Å². The summed E-state index contributed by atoms with van der Waals surface area (Å²) >= 11 is 0. The maximum Gasteiger partial charge on any atom is 0.303 e. The molecule has 0 aromatic carbocycles. The summed E-state index contributed by atoms with van der Waals surface area (Å²) < 4.78 is 5.54. The van der Waals surface area contributed by atoms with Crippen LogP contribution in [0.2, 0.25) is 0 Å². The fourth-order valence-electron chi connectivity index (χ4n) is 2.17. The fraction of sp³-hybridized carbons (Fsp3) is 0.857. The molecule has 116 valence electrons. The molecule has 1 atom stereocenters. The number of carboxylic acid groups (broad SMARTS) is 1. The van der Waals surface area contributed by atoms with Gasteiger partial charge in [0.2, 0.25) is 5.91 Å². The second-order valence-corrected chi connectivity index (χ2v) is 5.69. The quantitative estimate of drug-likeness (QED) is 0.552. The fourth-order valence-corrected chi connectivity index (χ4v) is 2.17. The van der Waals surface area contributed by atoms with E-state index in [1.54, 1.807) is 0 Å². The molecule has 1 fully saturated rings. The Kier molecular flexibility index (Phi) is 6.95. The molecule has 6 nitrogen and oxygen atoms in total. The SMILES string of the molecule is CCC(CCNC(=O)COC1(C)CNC1)CCC(=O)O. The van der Waals surface area contributed by atoms with E-state index in [1.807, 2.05) is 13.8 Å². The molecule has 1 heterocycles. The zero-order chi connectivity index (χ0) is 15.0. The minimum Gasteiger partial charge on any atom is -0.481 e. The number of ether oxygens (including phenoxy) is 1. The van der Waals surface area contributed by atoms with Crippen molar-refractivity contribution in [2.75, 3.05) is 26.2 Å². The Hall–Kier alpha value is -1.14. The molecule has 0 bridgehead atoms. The van der Waals surface area contributed by atoms with Gasteiger partial charge in [-0.25, -0.2) is 0 Å². The Morgan fingerprint density at radius 2 is 2.10 bits per heavy atom. The van der Waals surface area contributed by atoms with E-state index >= 15 is 0 Å². The number of hydrogen-bond donors (Lipinski definition) is 3. The van der Waals surface area contributed by atoms with Gasteiger partial charge in [0.1, 0.15) is 6.61 Å². The summed E-state index contributed by atoms with van der Waals surface area (Å²) in [4.78, 5) is 22.1. The normalized spacial score (nSPS) is 18.1. The first-order valence-corrected chi connectivity index (χ1v) is 7.28. The third-order valence-corrected chi connectivity index (χ3v) is 3.77. The lowest BCUT2D eigenvalue weighted by molar-refractivity contribution is -0.137. The maximum absolute atomic E-state index is 11.6. The molecule has 1 saturated heterocycles. The van der Waals surface area contributed by atoms with Crippen LogP contribution in [0.4, 0.5) is 0 Å². The van der Waals surface area contributed by atoms with Gasteiger partial charge in [0, 0.05) is 26.1 Å². The molecule has 1 rings (SSSR count). The highest BCUT2D eigenvalue weighted by Crippen LogP contribution is 2.15. The molecule has 0 spiro atoms. The van der Waals surface area contributed by atoms with Crippen molar-refractivity contribution in [2.24, 2.45) is 5.92 Å². The minimum atomic E-state index is -0.761. The van der Waals surface area contributed by atoms with Gasteiger partial charge >= 0.3 is 5.97 Å². The topological polar surface area (TPSA) is 87.7 Å². The summed E-state index contributed by atoms with van der Waals surface area (Å²) in [5, 5.41) is 14.6. The van der Waals surface area contributed by atoms with E-state index < -0.39 is 5.97 Å². The average molecular weight is 286 g/mol. The Balaban J connectivity index is 2.08. The van der Waals surface area contributed by atoms with E-state index in [0.717, 1.165) is 25.9 Å².